The molecule has 2 rings (SSSR count). The van der Waals surface area contributed by atoms with Gasteiger partial charge in [-0.05, 0) is 49.4 Å². The minimum Gasteiger partial charge on any atom is -0.481 e. The van der Waals surface area contributed by atoms with Crippen molar-refractivity contribution < 1.29 is 9.90 Å². The maximum atomic E-state index is 11.3. The summed E-state index contributed by atoms with van der Waals surface area (Å²) in [4.78, 5) is 11.3. The van der Waals surface area contributed by atoms with Crippen molar-refractivity contribution in [3.63, 3.8) is 0 Å². The fourth-order valence-electron chi connectivity index (χ4n) is 4.34. The molecule has 1 N–H and O–H groups in total. The molecule has 0 aromatic rings. The fraction of sp³-hybridized carbons (Fsp3) is 0.923. The summed E-state index contributed by atoms with van der Waals surface area (Å²) in [6, 6.07) is 0. The van der Waals surface area contributed by atoms with Crippen molar-refractivity contribution in [3.05, 3.63) is 0 Å². The molecule has 0 radical (unpaired) electrons. The number of carbonyl (C=O) groups is 1. The monoisotopic (exact) mass is 210 g/mol. The predicted octanol–water partition coefficient (Wildman–Crippen LogP) is 3.31. The minimum atomic E-state index is -0.547. The molecule has 1 spiro atoms. The summed E-state index contributed by atoms with van der Waals surface area (Å²) in [6.45, 7) is 4.57. The molecule has 2 heteroatoms. The summed E-state index contributed by atoms with van der Waals surface area (Å²) in [5.74, 6) is 0.832. The lowest BCUT2D eigenvalue weighted by Gasteiger charge is -2.43. The van der Waals surface area contributed by atoms with Crippen LogP contribution < -0.4 is 0 Å². The molecule has 3 atom stereocenters. The number of aliphatic carboxylic acids is 1. The van der Waals surface area contributed by atoms with Crippen LogP contribution in [0.2, 0.25) is 0 Å². The van der Waals surface area contributed by atoms with Gasteiger partial charge in [0.25, 0.3) is 0 Å². The Morgan fingerprint density at radius 3 is 2.40 bits per heavy atom. The summed E-state index contributed by atoms with van der Waals surface area (Å²) in [6.07, 6.45) is 6.76. The molecule has 0 aliphatic heterocycles. The van der Waals surface area contributed by atoms with Gasteiger partial charge in [0.15, 0.2) is 0 Å². The number of hydrogen-bond donors (Lipinski definition) is 1. The van der Waals surface area contributed by atoms with Crippen molar-refractivity contribution in [2.75, 3.05) is 0 Å². The largest absolute Gasteiger partial charge is 0.481 e. The van der Waals surface area contributed by atoms with Crippen LogP contribution in [0.3, 0.4) is 0 Å². The van der Waals surface area contributed by atoms with E-state index in [1.54, 1.807) is 0 Å². The Hall–Kier alpha value is -0.530. The van der Waals surface area contributed by atoms with E-state index in [9.17, 15) is 9.90 Å². The molecule has 2 fully saturated rings. The van der Waals surface area contributed by atoms with Crippen LogP contribution in [0.5, 0.6) is 0 Å². The third-order valence-corrected chi connectivity index (χ3v) is 4.52. The van der Waals surface area contributed by atoms with Crippen LogP contribution in [0.15, 0.2) is 0 Å². The standard InChI is InChI=1S/C13H22O2/c1-9-6-10(2)8-13(7-9)5-3-4-11(13)12(14)15/h9-11H,3-8H2,1-2H3,(H,14,15). The van der Waals surface area contributed by atoms with Crippen molar-refractivity contribution in [2.24, 2.45) is 23.2 Å². The zero-order chi connectivity index (χ0) is 11.1. The van der Waals surface area contributed by atoms with Gasteiger partial charge in [0.2, 0.25) is 0 Å². The second-order valence-electron chi connectivity index (χ2n) is 6.00. The summed E-state index contributed by atoms with van der Waals surface area (Å²) >= 11 is 0. The first-order valence-corrected chi connectivity index (χ1v) is 6.26. The Labute approximate surface area is 92.1 Å². The Kier molecular flexibility index (Phi) is 2.78. The molecule has 0 saturated heterocycles. The average Bonchev–Trinajstić information content (AvgIpc) is 2.45. The molecule has 2 aliphatic carbocycles. The summed E-state index contributed by atoms with van der Waals surface area (Å²) < 4.78 is 0. The molecule has 2 aliphatic rings. The van der Waals surface area contributed by atoms with Gasteiger partial charge in [-0.2, -0.15) is 0 Å². The Bertz CT molecular complexity index is 249. The van der Waals surface area contributed by atoms with Gasteiger partial charge in [-0.3, -0.25) is 4.79 Å². The smallest absolute Gasteiger partial charge is 0.307 e. The van der Waals surface area contributed by atoms with E-state index in [2.05, 4.69) is 13.8 Å². The first-order valence-electron chi connectivity index (χ1n) is 6.26. The van der Waals surface area contributed by atoms with E-state index < -0.39 is 5.97 Å². The highest BCUT2D eigenvalue weighted by atomic mass is 16.4. The Morgan fingerprint density at radius 2 is 1.87 bits per heavy atom. The van der Waals surface area contributed by atoms with Gasteiger partial charge in [-0.1, -0.05) is 20.3 Å². The van der Waals surface area contributed by atoms with Crippen molar-refractivity contribution in [3.8, 4) is 0 Å². The lowest BCUT2D eigenvalue weighted by Crippen LogP contribution is -2.38. The van der Waals surface area contributed by atoms with Crippen LogP contribution in [0, 0.1) is 23.2 Å². The van der Waals surface area contributed by atoms with E-state index in [0.29, 0.717) is 11.8 Å². The topological polar surface area (TPSA) is 37.3 Å². The van der Waals surface area contributed by atoms with Crippen molar-refractivity contribution in [1.29, 1.82) is 0 Å². The Balaban J connectivity index is 2.19. The molecule has 0 aromatic carbocycles. The molecule has 86 valence electrons. The molecule has 15 heavy (non-hydrogen) atoms. The maximum Gasteiger partial charge on any atom is 0.307 e. The van der Waals surface area contributed by atoms with E-state index in [1.807, 2.05) is 0 Å². The van der Waals surface area contributed by atoms with Crippen LogP contribution in [0.25, 0.3) is 0 Å². The van der Waals surface area contributed by atoms with Crippen LogP contribution in [0.1, 0.15) is 52.4 Å². The second-order valence-corrected chi connectivity index (χ2v) is 6.00. The van der Waals surface area contributed by atoms with Gasteiger partial charge >= 0.3 is 5.97 Å². The lowest BCUT2D eigenvalue weighted by molar-refractivity contribution is -0.147. The number of carboxylic acids is 1. The number of carboxylic acid groups (broad SMARTS) is 1. The third-order valence-electron chi connectivity index (χ3n) is 4.52. The molecule has 0 amide bonds. The van der Waals surface area contributed by atoms with E-state index in [1.165, 1.54) is 6.42 Å². The van der Waals surface area contributed by atoms with Gasteiger partial charge in [-0.15, -0.1) is 0 Å². The zero-order valence-corrected chi connectivity index (χ0v) is 9.83. The second kappa shape index (κ2) is 3.80. The predicted molar refractivity (Wildman–Crippen MR) is 59.6 cm³/mol. The van der Waals surface area contributed by atoms with Crippen molar-refractivity contribution >= 4 is 5.97 Å². The lowest BCUT2D eigenvalue weighted by atomic mass is 9.61. The van der Waals surface area contributed by atoms with Gasteiger partial charge in [0.05, 0.1) is 5.92 Å². The van der Waals surface area contributed by atoms with E-state index in [-0.39, 0.29) is 11.3 Å². The maximum absolute atomic E-state index is 11.3. The van der Waals surface area contributed by atoms with Gasteiger partial charge in [0.1, 0.15) is 0 Å². The molecule has 0 heterocycles. The van der Waals surface area contributed by atoms with Crippen LogP contribution in [-0.2, 0) is 4.79 Å². The minimum absolute atomic E-state index is 0.0531. The molecule has 2 nitrogen and oxygen atoms in total. The average molecular weight is 210 g/mol. The van der Waals surface area contributed by atoms with Crippen LogP contribution >= 0.6 is 0 Å². The summed E-state index contributed by atoms with van der Waals surface area (Å²) in [5, 5.41) is 9.30. The third kappa shape index (κ3) is 1.91. The van der Waals surface area contributed by atoms with Crippen LogP contribution in [0.4, 0.5) is 0 Å². The van der Waals surface area contributed by atoms with E-state index in [0.717, 1.165) is 32.1 Å². The zero-order valence-electron chi connectivity index (χ0n) is 9.83. The molecule has 0 aromatic heterocycles. The normalized spacial score (nSPS) is 45.9. The first kappa shape index (κ1) is 11.0. The first-order chi connectivity index (χ1) is 7.03. The number of hydrogen-bond acceptors (Lipinski definition) is 1. The van der Waals surface area contributed by atoms with E-state index >= 15 is 0 Å². The molecular formula is C13H22O2. The number of rotatable bonds is 1. The highest BCUT2D eigenvalue weighted by Crippen LogP contribution is 2.55. The van der Waals surface area contributed by atoms with Gasteiger partial charge < -0.3 is 5.11 Å². The highest BCUT2D eigenvalue weighted by Gasteiger charge is 2.49. The summed E-state index contributed by atoms with van der Waals surface area (Å²) in [5.41, 5.74) is 0.156. The fourth-order valence-corrected chi connectivity index (χ4v) is 4.34. The van der Waals surface area contributed by atoms with Crippen molar-refractivity contribution in [2.45, 2.75) is 52.4 Å². The van der Waals surface area contributed by atoms with Crippen molar-refractivity contribution in [1.82, 2.24) is 0 Å². The molecule has 3 unspecified atom stereocenters. The van der Waals surface area contributed by atoms with Gasteiger partial charge in [0, 0.05) is 0 Å². The highest BCUT2D eigenvalue weighted by molar-refractivity contribution is 5.71. The quantitative estimate of drug-likeness (QED) is 0.721. The molecule has 0 bridgehead atoms. The molecular weight excluding hydrogens is 188 g/mol. The van der Waals surface area contributed by atoms with E-state index in [4.69, 9.17) is 0 Å². The SMILES string of the molecule is CC1CC(C)CC2(CCCC2C(=O)O)C1. The molecule has 2 saturated carbocycles. The van der Waals surface area contributed by atoms with Gasteiger partial charge in [-0.25, -0.2) is 0 Å². The summed E-state index contributed by atoms with van der Waals surface area (Å²) in [7, 11) is 0. The van der Waals surface area contributed by atoms with Crippen LogP contribution in [-0.4, -0.2) is 11.1 Å². The Morgan fingerprint density at radius 1 is 1.27 bits per heavy atom.